The van der Waals surface area contributed by atoms with Crippen LogP contribution in [0.1, 0.15) is 0 Å². The van der Waals surface area contributed by atoms with Crippen LogP contribution in [0.2, 0.25) is 0 Å². The highest BCUT2D eigenvalue weighted by atomic mass is 15.1. The molecule has 1 aliphatic rings. The summed E-state index contributed by atoms with van der Waals surface area (Å²) in [6.45, 7) is 6.75. The molecule has 0 spiro atoms. The minimum Gasteiger partial charge on any atom is -0.388 e. The van der Waals surface area contributed by atoms with E-state index in [0.29, 0.717) is 0 Å². The first-order valence-corrected chi connectivity index (χ1v) is 3.18. The molecule has 2 heteroatoms. The molecule has 9 heavy (non-hydrogen) atoms. The predicted molar refractivity (Wildman–Crippen MR) is 38.9 cm³/mol. The molecule has 0 aromatic heterocycles. The van der Waals surface area contributed by atoms with Crippen molar-refractivity contribution in [2.75, 3.05) is 19.6 Å². The van der Waals surface area contributed by atoms with Gasteiger partial charge in [-0.3, -0.25) is 0 Å². The molecule has 0 bridgehead atoms. The molecule has 1 aliphatic heterocycles. The van der Waals surface area contributed by atoms with Gasteiger partial charge >= 0.3 is 0 Å². The first-order chi connectivity index (χ1) is 4.43. The number of hydrogen-bond donors (Lipinski definition) is 1. The molecule has 0 radical (unpaired) electrons. The molecule has 2 nitrogen and oxygen atoms in total. The Morgan fingerprint density at radius 3 is 3.22 bits per heavy atom. The van der Waals surface area contributed by atoms with Gasteiger partial charge in [-0.2, -0.15) is 0 Å². The van der Waals surface area contributed by atoms with Crippen molar-refractivity contribution in [2.24, 2.45) is 0 Å². The maximum absolute atomic E-state index is 3.66. The van der Waals surface area contributed by atoms with Crippen molar-refractivity contribution in [3.8, 4) is 0 Å². The molecule has 1 heterocycles. The average molecular weight is 124 g/mol. The van der Waals surface area contributed by atoms with E-state index in [1.807, 2.05) is 18.5 Å². The van der Waals surface area contributed by atoms with Crippen LogP contribution in [0.5, 0.6) is 0 Å². The monoisotopic (exact) mass is 124 g/mol. The fourth-order valence-electron chi connectivity index (χ4n) is 0.842. The number of hydrogen-bond acceptors (Lipinski definition) is 2. The van der Waals surface area contributed by atoms with Crippen molar-refractivity contribution in [2.45, 2.75) is 0 Å². The lowest BCUT2D eigenvalue weighted by atomic mass is 10.4. The van der Waals surface area contributed by atoms with Crippen LogP contribution in [-0.2, 0) is 0 Å². The first-order valence-electron chi connectivity index (χ1n) is 3.18. The Labute approximate surface area is 55.9 Å². The van der Waals surface area contributed by atoms with E-state index in [9.17, 15) is 0 Å². The van der Waals surface area contributed by atoms with Crippen LogP contribution in [0.3, 0.4) is 0 Å². The van der Waals surface area contributed by atoms with Crippen molar-refractivity contribution < 1.29 is 0 Å². The molecule has 0 aliphatic carbocycles. The van der Waals surface area contributed by atoms with E-state index in [4.69, 9.17) is 0 Å². The lowest BCUT2D eigenvalue weighted by Crippen LogP contribution is -2.30. The molecule has 0 amide bonds. The highest BCUT2D eigenvalue weighted by Crippen LogP contribution is 1.91. The van der Waals surface area contributed by atoms with Gasteiger partial charge in [0.15, 0.2) is 0 Å². The minimum absolute atomic E-state index is 0.957. The Morgan fingerprint density at radius 1 is 1.78 bits per heavy atom. The van der Waals surface area contributed by atoms with E-state index < -0.39 is 0 Å². The Morgan fingerprint density at radius 2 is 2.67 bits per heavy atom. The predicted octanol–water partition coefficient (Wildman–Crippen LogP) is 0.549. The quantitative estimate of drug-likeness (QED) is 0.541. The van der Waals surface area contributed by atoms with E-state index in [1.165, 1.54) is 0 Å². The fraction of sp³-hybridized carbons (Fsp3) is 0.429. The van der Waals surface area contributed by atoms with Gasteiger partial charge in [-0.25, -0.2) is 0 Å². The van der Waals surface area contributed by atoms with E-state index in [2.05, 4.69) is 16.8 Å². The van der Waals surface area contributed by atoms with Crippen LogP contribution >= 0.6 is 0 Å². The third-order valence-corrected chi connectivity index (χ3v) is 1.31. The third-order valence-electron chi connectivity index (χ3n) is 1.31. The summed E-state index contributed by atoms with van der Waals surface area (Å²) in [6.07, 6.45) is 5.92. The summed E-state index contributed by atoms with van der Waals surface area (Å²) in [5.74, 6) is 0. The molecule has 1 rings (SSSR count). The van der Waals surface area contributed by atoms with Gasteiger partial charge in [-0.15, -0.1) is 6.58 Å². The minimum atomic E-state index is 0.957. The van der Waals surface area contributed by atoms with Gasteiger partial charge < -0.3 is 10.2 Å². The summed E-state index contributed by atoms with van der Waals surface area (Å²) in [7, 11) is 0. The van der Waals surface area contributed by atoms with Crippen molar-refractivity contribution in [1.29, 1.82) is 0 Å². The third kappa shape index (κ3) is 1.80. The van der Waals surface area contributed by atoms with Gasteiger partial charge in [0, 0.05) is 32.0 Å². The van der Waals surface area contributed by atoms with Gasteiger partial charge in [-0.05, 0) is 0 Å². The van der Waals surface area contributed by atoms with Crippen LogP contribution in [0.15, 0.2) is 25.1 Å². The SMILES string of the molecule is C=CCN1C=CNCC1. The maximum Gasteiger partial charge on any atom is 0.0352 e. The molecule has 0 saturated heterocycles. The molecule has 0 aromatic rings. The van der Waals surface area contributed by atoms with Gasteiger partial charge in [0.05, 0.1) is 0 Å². The van der Waals surface area contributed by atoms with Gasteiger partial charge in [-0.1, -0.05) is 6.08 Å². The van der Waals surface area contributed by atoms with Crippen LogP contribution in [0.25, 0.3) is 0 Å². The largest absolute Gasteiger partial charge is 0.388 e. The van der Waals surface area contributed by atoms with Crippen molar-refractivity contribution in [3.63, 3.8) is 0 Å². The Bertz CT molecular complexity index is 118. The van der Waals surface area contributed by atoms with Gasteiger partial charge in [0.25, 0.3) is 0 Å². The number of nitrogens with zero attached hydrogens (tertiary/aromatic N) is 1. The summed E-state index contributed by atoms with van der Waals surface area (Å²) in [5.41, 5.74) is 0. The van der Waals surface area contributed by atoms with E-state index in [0.717, 1.165) is 19.6 Å². The second-order valence-electron chi connectivity index (χ2n) is 2.05. The summed E-state index contributed by atoms with van der Waals surface area (Å²) >= 11 is 0. The molecule has 50 valence electrons. The smallest absolute Gasteiger partial charge is 0.0352 e. The summed E-state index contributed by atoms with van der Waals surface area (Å²) in [5, 5.41) is 3.12. The standard InChI is InChI=1S/C7H12N2/c1-2-5-9-6-3-8-4-7-9/h2-3,6,8H,1,4-5,7H2. The van der Waals surface area contributed by atoms with Crippen molar-refractivity contribution in [1.82, 2.24) is 10.2 Å². The zero-order valence-electron chi connectivity index (χ0n) is 5.51. The fourth-order valence-corrected chi connectivity index (χ4v) is 0.842. The van der Waals surface area contributed by atoms with Gasteiger partial charge in [0.1, 0.15) is 0 Å². The Kier molecular flexibility index (Phi) is 2.19. The van der Waals surface area contributed by atoms with Gasteiger partial charge in [0.2, 0.25) is 0 Å². The van der Waals surface area contributed by atoms with E-state index in [-0.39, 0.29) is 0 Å². The molecular weight excluding hydrogens is 112 g/mol. The normalized spacial score (nSPS) is 17.1. The van der Waals surface area contributed by atoms with Crippen LogP contribution in [-0.4, -0.2) is 24.5 Å². The summed E-state index contributed by atoms with van der Waals surface area (Å²) in [4.78, 5) is 2.21. The van der Waals surface area contributed by atoms with Crippen LogP contribution in [0.4, 0.5) is 0 Å². The second kappa shape index (κ2) is 3.17. The van der Waals surface area contributed by atoms with E-state index >= 15 is 0 Å². The highest BCUT2D eigenvalue weighted by molar-refractivity contribution is 4.89. The first kappa shape index (κ1) is 6.20. The number of nitrogens with one attached hydrogen (secondary N) is 1. The van der Waals surface area contributed by atoms with E-state index in [1.54, 1.807) is 0 Å². The van der Waals surface area contributed by atoms with Crippen molar-refractivity contribution >= 4 is 0 Å². The number of rotatable bonds is 2. The lowest BCUT2D eigenvalue weighted by molar-refractivity contribution is 0.395. The molecule has 0 fully saturated rings. The van der Waals surface area contributed by atoms with Crippen LogP contribution < -0.4 is 5.32 Å². The average Bonchev–Trinajstić information content (AvgIpc) is 1.91. The Hall–Kier alpha value is -0.920. The summed E-state index contributed by atoms with van der Waals surface area (Å²) in [6, 6.07) is 0. The zero-order chi connectivity index (χ0) is 6.53. The maximum atomic E-state index is 3.66. The Balaban J connectivity index is 2.31. The second-order valence-corrected chi connectivity index (χ2v) is 2.05. The highest BCUT2D eigenvalue weighted by Gasteiger charge is 1.97. The molecule has 0 unspecified atom stereocenters. The lowest BCUT2D eigenvalue weighted by Gasteiger charge is -2.21. The van der Waals surface area contributed by atoms with Crippen LogP contribution in [0, 0.1) is 0 Å². The molecule has 1 N–H and O–H groups in total. The molecule has 0 aromatic carbocycles. The van der Waals surface area contributed by atoms with Crippen molar-refractivity contribution in [3.05, 3.63) is 25.1 Å². The molecular formula is C7H12N2. The zero-order valence-corrected chi connectivity index (χ0v) is 5.51. The molecule has 0 atom stereocenters. The molecule has 0 saturated carbocycles. The summed E-state index contributed by atoms with van der Waals surface area (Å²) < 4.78 is 0. The topological polar surface area (TPSA) is 15.3 Å².